The molecule has 0 spiro atoms. The molecule has 0 N–H and O–H groups in total. The van der Waals surface area contributed by atoms with Crippen LogP contribution in [0.15, 0.2) is 109 Å². The van der Waals surface area contributed by atoms with Gasteiger partial charge in [-0.15, -0.1) is 58.8 Å². The van der Waals surface area contributed by atoms with E-state index in [0.717, 1.165) is 27.7 Å². The molecule has 6 aromatic rings. The van der Waals surface area contributed by atoms with Crippen LogP contribution in [0, 0.1) is 12.1 Å². The Morgan fingerprint density at radius 1 is 0.650 bits per heavy atom. The summed E-state index contributed by atoms with van der Waals surface area (Å²) in [5, 5.41) is 3.46. The Morgan fingerprint density at radius 3 is 2.23 bits per heavy atom. The van der Waals surface area contributed by atoms with Crippen molar-refractivity contribution in [3.8, 4) is 22.4 Å². The van der Waals surface area contributed by atoms with Crippen LogP contribution < -0.4 is 0 Å². The summed E-state index contributed by atoms with van der Waals surface area (Å²) in [7, 11) is 0. The second-order valence-electron chi connectivity index (χ2n) is 10.9. The van der Waals surface area contributed by atoms with Gasteiger partial charge in [0.2, 0.25) is 0 Å². The smallest absolute Gasteiger partial charge is 0.0713 e. The molecule has 7 rings (SSSR count). The third-order valence-corrected chi connectivity index (χ3v) is 7.31. The van der Waals surface area contributed by atoms with Crippen molar-refractivity contribution in [1.82, 2.24) is 9.97 Å². The zero-order chi connectivity index (χ0) is 27.0. The quantitative estimate of drug-likeness (QED) is 0.134. The van der Waals surface area contributed by atoms with E-state index >= 15 is 0 Å². The minimum atomic E-state index is -0.306. The first kappa shape index (κ1) is 27.9. The zero-order valence-electron chi connectivity index (χ0n) is 23.0. The van der Waals surface area contributed by atoms with Crippen molar-refractivity contribution in [1.29, 1.82) is 0 Å². The number of hydrogen-bond donors (Lipinski definition) is 0. The molecule has 4 heteroatoms. The second-order valence-corrected chi connectivity index (χ2v) is 10.9. The van der Waals surface area contributed by atoms with E-state index in [9.17, 15) is 0 Å². The minimum Gasteiger partial charge on any atom is -0.371 e. The monoisotopic (exact) mass is 699 g/mol. The summed E-state index contributed by atoms with van der Waals surface area (Å²) >= 11 is 0. The SMILES string of the molecule is CC1(C)OC(C)(C)c2cc(-c3cc(-c4ccccc4)ccn3)[c-]cc21.[Ir].[c-]1cccc2ccc3cccnc3c12. The molecule has 1 aliphatic rings. The number of pyridine rings is 2. The Morgan fingerprint density at radius 2 is 1.40 bits per heavy atom. The molecule has 3 nitrogen and oxygen atoms in total. The van der Waals surface area contributed by atoms with Gasteiger partial charge in [0.05, 0.1) is 11.2 Å². The maximum atomic E-state index is 6.25. The maximum absolute atomic E-state index is 6.25. The van der Waals surface area contributed by atoms with E-state index in [1.54, 1.807) is 0 Å². The Bertz CT molecular complexity index is 1740. The summed E-state index contributed by atoms with van der Waals surface area (Å²) in [6, 6.07) is 39.7. The number of ether oxygens (including phenoxy) is 1. The molecule has 4 aromatic carbocycles. The fourth-order valence-electron chi connectivity index (χ4n) is 5.51. The summed E-state index contributed by atoms with van der Waals surface area (Å²) in [6.45, 7) is 8.47. The Balaban J connectivity index is 0.000000182. The summed E-state index contributed by atoms with van der Waals surface area (Å²) in [4.78, 5) is 8.95. The molecule has 40 heavy (non-hydrogen) atoms. The van der Waals surface area contributed by atoms with Gasteiger partial charge in [-0.05, 0) is 67.6 Å². The molecule has 0 fully saturated rings. The van der Waals surface area contributed by atoms with Crippen molar-refractivity contribution in [2.75, 3.05) is 0 Å². The standard InChI is InChI=1S/C23H22NO.C13H8N.Ir/c1-22(2)19-11-10-18(14-20(19)23(3,4)25-22)21-15-17(12-13-24-21)16-8-6-5-7-9-16;1-2-6-12-10(4-1)7-8-11-5-3-9-14-13(11)12;/h5-9,11-15H,1-4H3;1-5,7-9H;/q2*-1;. The largest absolute Gasteiger partial charge is 0.371 e. The number of nitrogens with zero attached hydrogens (tertiary/aromatic N) is 2. The number of fused-ring (bicyclic) bond motifs is 4. The van der Waals surface area contributed by atoms with Crippen molar-refractivity contribution < 1.29 is 24.8 Å². The van der Waals surface area contributed by atoms with Gasteiger partial charge < -0.3 is 14.7 Å². The molecule has 201 valence electrons. The van der Waals surface area contributed by atoms with E-state index in [1.807, 2.05) is 42.7 Å². The first-order chi connectivity index (χ1) is 18.8. The summed E-state index contributed by atoms with van der Waals surface area (Å²) in [5.41, 5.74) is 7.17. The molecule has 1 aliphatic heterocycles. The van der Waals surface area contributed by atoms with E-state index in [0.29, 0.717) is 0 Å². The Kier molecular flexibility index (Phi) is 7.70. The third-order valence-electron chi connectivity index (χ3n) is 7.31. The van der Waals surface area contributed by atoms with Gasteiger partial charge in [-0.2, -0.15) is 0 Å². The third kappa shape index (κ3) is 5.36. The normalized spacial score (nSPS) is 14.6. The van der Waals surface area contributed by atoms with Gasteiger partial charge in [0.1, 0.15) is 0 Å². The number of rotatable bonds is 2. The number of benzene rings is 4. The van der Waals surface area contributed by atoms with Gasteiger partial charge in [-0.25, -0.2) is 0 Å². The summed E-state index contributed by atoms with van der Waals surface area (Å²) < 4.78 is 6.25. The van der Waals surface area contributed by atoms with Crippen LogP contribution in [0.2, 0.25) is 0 Å². The average molecular weight is 699 g/mol. The van der Waals surface area contributed by atoms with Crippen molar-refractivity contribution in [2.45, 2.75) is 38.9 Å². The van der Waals surface area contributed by atoms with Crippen LogP contribution in [0.1, 0.15) is 38.8 Å². The van der Waals surface area contributed by atoms with Crippen LogP contribution in [-0.2, 0) is 36.0 Å². The summed E-state index contributed by atoms with van der Waals surface area (Å²) in [6.07, 6.45) is 3.69. The first-order valence-corrected chi connectivity index (χ1v) is 13.2. The van der Waals surface area contributed by atoms with Crippen LogP contribution in [0.5, 0.6) is 0 Å². The van der Waals surface area contributed by atoms with Crippen LogP contribution >= 0.6 is 0 Å². The second kappa shape index (κ2) is 11.1. The van der Waals surface area contributed by atoms with Gasteiger partial charge in [0.15, 0.2) is 0 Å². The first-order valence-electron chi connectivity index (χ1n) is 13.2. The number of aromatic nitrogens is 2. The molecule has 0 bridgehead atoms. The predicted molar refractivity (Wildman–Crippen MR) is 159 cm³/mol. The zero-order valence-corrected chi connectivity index (χ0v) is 25.4. The summed E-state index contributed by atoms with van der Waals surface area (Å²) in [5.74, 6) is 0. The Labute approximate surface area is 249 Å². The maximum Gasteiger partial charge on any atom is 0.0713 e. The molecule has 1 radical (unpaired) electrons. The molecular weight excluding hydrogens is 669 g/mol. The number of hydrogen-bond acceptors (Lipinski definition) is 3. The predicted octanol–water partition coefficient (Wildman–Crippen LogP) is 8.90. The molecule has 3 heterocycles. The van der Waals surface area contributed by atoms with E-state index < -0.39 is 0 Å². The van der Waals surface area contributed by atoms with Gasteiger partial charge >= 0.3 is 0 Å². The average Bonchev–Trinajstić information content (AvgIpc) is 3.16. The van der Waals surface area contributed by atoms with Crippen LogP contribution in [-0.4, -0.2) is 9.97 Å². The molecule has 0 atom stereocenters. The van der Waals surface area contributed by atoms with Crippen molar-refractivity contribution >= 4 is 21.7 Å². The van der Waals surface area contributed by atoms with Gasteiger partial charge in [-0.1, -0.05) is 65.7 Å². The van der Waals surface area contributed by atoms with Crippen LogP contribution in [0.3, 0.4) is 0 Å². The molecule has 0 unspecified atom stereocenters. The van der Waals surface area contributed by atoms with Crippen LogP contribution in [0.25, 0.3) is 44.1 Å². The van der Waals surface area contributed by atoms with E-state index in [2.05, 4.69) is 117 Å². The molecule has 0 amide bonds. The molecular formula is C36H30IrN2O-2. The van der Waals surface area contributed by atoms with E-state index in [1.165, 1.54) is 27.5 Å². The van der Waals surface area contributed by atoms with Gasteiger partial charge in [-0.3, -0.25) is 0 Å². The van der Waals surface area contributed by atoms with Crippen LogP contribution in [0.4, 0.5) is 0 Å². The minimum absolute atomic E-state index is 0. The van der Waals surface area contributed by atoms with Crippen molar-refractivity contribution in [2.24, 2.45) is 0 Å². The van der Waals surface area contributed by atoms with E-state index in [4.69, 9.17) is 4.74 Å². The van der Waals surface area contributed by atoms with Crippen molar-refractivity contribution in [3.05, 3.63) is 133 Å². The molecule has 0 saturated heterocycles. The fraction of sp³-hybridized carbons (Fsp3) is 0.167. The van der Waals surface area contributed by atoms with E-state index in [-0.39, 0.29) is 31.3 Å². The Hall–Kier alpha value is -3.69. The fourth-order valence-corrected chi connectivity index (χ4v) is 5.51. The van der Waals surface area contributed by atoms with Gasteiger partial charge in [0.25, 0.3) is 0 Å². The van der Waals surface area contributed by atoms with Crippen molar-refractivity contribution in [3.63, 3.8) is 0 Å². The molecule has 0 saturated carbocycles. The molecule has 0 aliphatic carbocycles. The topological polar surface area (TPSA) is 35.0 Å². The van der Waals surface area contributed by atoms with Gasteiger partial charge in [0, 0.05) is 32.5 Å². The molecule has 2 aromatic heterocycles.